The van der Waals surface area contributed by atoms with Gasteiger partial charge in [-0.15, -0.1) is 0 Å². The maximum absolute atomic E-state index is 9.33. The molecular weight excluding hydrogens is 246 g/mol. The van der Waals surface area contributed by atoms with Crippen molar-refractivity contribution in [2.45, 2.75) is 38.5 Å². The lowest BCUT2D eigenvalue weighted by atomic mass is 9.97. The monoisotopic (exact) mass is 267 g/mol. The molecule has 1 fully saturated rings. The van der Waals surface area contributed by atoms with Crippen molar-refractivity contribution in [3.63, 3.8) is 0 Å². The second kappa shape index (κ2) is 6.44. The van der Waals surface area contributed by atoms with E-state index in [2.05, 4.69) is 24.0 Å². The Kier molecular flexibility index (Phi) is 4.90. The van der Waals surface area contributed by atoms with Crippen molar-refractivity contribution in [2.75, 3.05) is 24.6 Å². The molecule has 18 heavy (non-hydrogen) atoms. The SMILES string of the molecule is CCC(CO)c1ccc(N2CCCCC2)c(Cl)c1. The van der Waals surface area contributed by atoms with E-state index in [0.29, 0.717) is 0 Å². The second-order valence-electron chi connectivity index (χ2n) is 5.05. The third-order valence-electron chi connectivity index (χ3n) is 3.85. The van der Waals surface area contributed by atoms with Gasteiger partial charge < -0.3 is 10.0 Å². The third kappa shape index (κ3) is 2.99. The van der Waals surface area contributed by atoms with Gasteiger partial charge in [0.25, 0.3) is 0 Å². The minimum atomic E-state index is 0.190. The Morgan fingerprint density at radius 2 is 2.00 bits per heavy atom. The number of aliphatic hydroxyl groups is 1. The van der Waals surface area contributed by atoms with Gasteiger partial charge in [0.15, 0.2) is 0 Å². The van der Waals surface area contributed by atoms with Crippen LogP contribution in [-0.4, -0.2) is 24.8 Å². The van der Waals surface area contributed by atoms with Crippen molar-refractivity contribution in [3.05, 3.63) is 28.8 Å². The number of benzene rings is 1. The van der Waals surface area contributed by atoms with Gasteiger partial charge in [0.2, 0.25) is 0 Å². The summed E-state index contributed by atoms with van der Waals surface area (Å²) in [5.41, 5.74) is 2.29. The zero-order valence-electron chi connectivity index (χ0n) is 11.0. The van der Waals surface area contributed by atoms with Crippen LogP contribution in [0, 0.1) is 0 Å². The summed E-state index contributed by atoms with van der Waals surface area (Å²) in [5.74, 6) is 0.206. The summed E-state index contributed by atoms with van der Waals surface area (Å²) < 4.78 is 0. The first-order valence-corrected chi connectivity index (χ1v) is 7.29. The summed E-state index contributed by atoms with van der Waals surface area (Å²) in [5, 5.41) is 10.2. The van der Waals surface area contributed by atoms with Gasteiger partial charge in [-0.3, -0.25) is 0 Å². The predicted octanol–water partition coefficient (Wildman–Crippen LogP) is 3.82. The number of halogens is 1. The molecule has 100 valence electrons. The van der Waals surface area contributed by atoms with Gasteiger partial charge in [-0.2, -0.15) is 0 Å². The Bertz CT molecular complexity index is 384. The van der Waals surface area contributed by atoms with Gasteiger partial charge >= 0.3 is 0 Å². The lowest BCUT2D eigenvalue weighted by Crippen LogP contribution is -2.29. The summed E-state index contributed by atoms with van der Waals surface area (Å²) >= 11 is 6.40. The lowest BCUT2D eigenvalue weighted by Gasteiger charge is -2.30. The molecular formula is C15H22ClNO. The Morgan fingerprint density at radius 1 is 1.28 bits per heavy atom. The molecule has 0 saturated carbocycles. The van der Waals surface area contributed by atoms with E-state index in [1.807, 2.05) is 6.07 Å². The molecule has 1 unspecified atom stereocenters. The Hall–Kier alpha value is -0.730. The van der Waals surface area contributed by atoms with E-state index in [0.717, 1.165) is 35.8 Å². The van der Waals surface area contributed by atoms with Gasteiger partial charge in [0.1, 0.15) is 0 Å². The molecule has 1 N–H and O–H groups in total. The van der Waals surface area contributed by atoms with Crippen LogP contribution in [0.15, 0.2) is 18.2 Å². The van der Waals surface area contributed by atoms with Gasteiger partial charge in [0, 0.05) is 25.6 Å². The Balaban J connectivity index is 2.18. The number of aliphatic hydroxyl groups excluding tert-OH is 1. The van der Waals surface area contributed by atoms with Crippen molar-refractivity contribution in [3.8, 4) is 0 Å². The molecule has 1 aromatic rings. The molecule has 1 aliphatic rings. The molecule has 1 saturated heterocycles. The largest absolute Gasteiger partial charge is 0.396 e. The quantitative estimate of drug-likeness (QED) is 0.897. The molecule has 0 spiro atoms. The van der Waals surface area contributed by atoms with Gasteiger partial charge in [-0.25, -0.2) is 0 Å². The first kappa shape index (κ1) is 13.7. The average molecular weight is 268 g/mol. The fourth-order valence-corrected chi connectivity index (χ4v) is 2.95. The smallest absolute Gasteiger partial charge is 0.0642 e. The van der Waals surface area contributed by atoms with E-state index in [1.165, 1.54) is 19.3 Å². The van der Waals surface area contributed by atoms with Crippen molar-refractivity contribution < 1.29 is 5.11 Å². The van der Waals surface area contributed by atoms with Crippen LogP contribution in [0.5, 0.6) is 0 Å². The molecule has 1 aliphatic heterocycles. The molecule has 0 aromatic heterocycles. The molecule has 3 heteroatoms. The highest BCUT2D eigenvalue weighted by molar-refractivity contribution is 6.33. The first-order chi connectivity index (χ1) is 8.76. The van der Waals surface area contributed by atoms with Crippen LogP contribution in [0.2, 0.25) is 5.02 Å². The first-order valence-electron chi connectivity index (χ1n) is 6.91. The van der Waals surface area contributed by atoms with Crippen LogP contribution in [0.25, 0.3) is 0 Å². The molecule has 0 amide bonds. The Morgan fingerprint density at radius 3 is 2.56 bits per heavy atom. The topological polar surface area (TPSA) is 23.5 Å². The minimum Gasteiger partial charge on any atom is -0.396 e. The van der Waals surface area contributed by atoms with E-state index in [1.54, 1.807) is 0 Å². The maximum Gasteiger partial charge on any atom is 0.0642 e. The number of rotatable bonds is 4. The minimum absolute atomic E-state index is 0.190. The van der Waals surface area contributed by atoms with Crippen LogP contribution in [0.3, 0.4) is 0 Å². The molecule has 0 bridgehead atoms. The van der Waals surface area contributed by atoms with Crippen LogP contribution < -0.4 is 4.90 Å². The van der Waals surface area contributed by atoms with Crippen molar-refractivity contribution in [1.29, 1.82) is 0 Å². The highest BCUT2D eigenvalue weighted by atomic mass is 35.5. The number of hydrogen-bond acceptors (Lipinski definition) is 2. The molecule has 2 rings (SSSR count). The van der Waals surface area contributed by atoms with Gasteiger partial charge in [0.05, 0.1) is 10.7 Å². The molecule has 0 aliphatic carbocycles. The highest BCUT2D eigenvalue weighted by Crippen LogP contribution is 2.32. The molecule has 0 radical (unpaired) electrons. The van der Waals surface area contributed by atoms with Crippen LogP contribution >= 0.6 is 11.6 Å². The van der Waals surface area contributed by atoms with Crippen molar-refractivity contribution in [2.24, 2.45) is 0 Å². The number of piperidine rings is 1. The number of anilines is 1. The highest BCUT2D eigenvalue weighted by Gasteiger charge is 2.15. The van der Waals surface area contributed by atoms with E-state index >= 15 is 0 Å². The van der Waals surface area contributed by atoms with Crippen LogP contribution in [0.4, 0.5) is 5.69 Å². The zero-order chi connectivity index (χ0) is 13.0. The zero-order valence-corrected chi connectivity index (χ0v) is 11.8. The van der Waals surface area contributed by atoms with Gasteiger partial charge in [-0.05, 0) is 43.4 Å². The second-order valence-corrected chi connectivity index (χ2v) is 5.45. The summed E-state index contributed by atoms with van der Waals surface area (Å²) in [6.07, 6.45) is 4.78. The molecule has 1 aromatic carbocycles. The third-order valence-corrected chi connectivity index (χ3v) is 4.16. The van der Waals surface area contributed by atoms with Crippen molar-refractivity contribution in [1.82, 2.24) is 0 Å². The van der Waals surface area contributed by atoms with Crippen LogP contribution in [0.1, 0.15) is 44.1 Å². The normalized spacial score (nSPS) is 17.8. The number of nitrogens with zero attached hydrogens (tertiary/aromatic N) is 1. The number of hydrogen-bond donors (Lipinski definition) is 1. The summed E-state index contributed by atoms with van der Waals surface area (Å²) in [4.78, 5) is 2.37. The van der Waals surface area contributed by atoms with Crippen LogP contribution in [-0.2, 0) is 0 Å². The maximum atomic E-state index is 9.33. The van der Waals surface area contributed by atoms with E-state index in [-0.39, 0.29) is 12.5 Å². The van der Waals surface area contributed by atoms with E-state index in [4.69, 9.17) is 11.6 Å². The van der Waals surface area contributed by atoms with E-state index in [9.17, 15) is 5.11 Å². The molecule has 1 atom stereocenters. The summed E-state index contributed by atoms with van der Waals surface area (Å²) in [7, 11) is 0. The summed E-state index contributed by atoms with van der Waals surface area (Å²) in [6.45, 7) is 4.50. The molecule has 2 nitrogen and oxygen atoms in total. The summed E-state index contributed by atoms with van der Waals surface area (Å²) in [6, 6.07) is 6.25. The fourth-order valence-electron chi connectivity index (χ4n) is 2.64. The lowest BCUT2D eigenvalue weighted by molar-refractivity contribution is 0.262. The predicted molar refractivity (Wildman–Crippen MR) is 77.6 cm³/mol. The van der Waals surface area contributed by atoms with Crippen molar-refractivity contribution >= 4 is 17.3 Å². The fraction of sp³-hybridized carbons (Fsp3) is 0.600. The Labute approximate surface area is 115 Å². The van der Waals surface area contributed by atoms with E-state index < -0.39 is 0 Å². The van der Waals surface area contributed by atoms with Gasteiger partial charge in [-0.1, -0.05) is 24.6 Å². The average Bonchev–Trinajstić information content (AvgIpc) is 2.41. The standard InChI is InChI=1S/C15H22ClNO/c1-2-12(11-18)13-6-7-15(14(16)10-13)17-8-4-3-5-9-17/h6-7,10,12,18H,2-5,8-9,11H2,1H3. The molecule has 1 heterocycles.